The molecular formula is C13H13NO3. The Morgan fingerprint density at radius 3 is 2.47 bits per heavy atom. The molecule has 1 amide bonds. The van der Waals surface area contributed by atoms with Gasteiger partial charge >= 0.3 is 0 Å². The molecule has 0 unspecified atom stereocenters. The van der Waals surface area contributed by atoms with Gasteiger partial charge in [0.2, 0.25) is 0 Å². The molecular weight excluding hydrogens is 218 g/mol. The van der Waals surface area contributed by atoms with Crippen molar-refractivity contribution in [2.45, 2.75) is 13.8 Å². The van der Waals surface area contributed by atoms with Crippen LogP contribution < -0.4 is 5.32 Å². The number of phenolic OH excluding ortho intramolecular Hbond substituents is 1. The highest BCUT2D eigenvalue weighted by molar-refractivity contribution is 6.03. The molecule has 0 radical (unpaired) electrons. The third-order valence-electron chi connectivity index (χ3n) is 2.51. The number of hydrogen-bond donors (Lipinski definition) is 2. The average molecular weight is 231 g/mol. The summed E-state index contributed by atoms with van der Waals surface area (Å²) in [6.45, 7) is 3.51. The van der Waals surface area contributed by atoms with E-state index in [1.165, 1.54) is 6.26 Å². The Morgan fingerprint density at radius 2 is 1.94 bits per heavy atom. The van der Waals surface area contributed by atoms with Gasteiger partial charge in [-0.15, -0.1) is 0 Å². The molecule has 0 bridgehead atoms. The number of phenols is 1. The second-order valence-electron chi connectivity index (χ2n) is 3.89. The van der Waals surface area contributed by atoms with E-state index >= 15 is 0 Å². The number of hydrogen-bond acceptors (Lipinski definition) is 3. The average Bonchev–Trinajstić information content (AvgIpc) is 2.77. The number of aryl methyl sites for hydroxylation is 2. The predicted molar refractivity (Wildman–Crippen MR) is 64.2 cm³/mol. The van der Waals surface area contributed by atoms with Gasteiger partial charge in [-0.25, -0.2) is 0 Å². The van der Waals surface area contributed by atoms with Crippen molar-refractivity contribution in [1.82, 2.24) is 0 Å². The van der Waals surface area contributed by atoms with Crippen LogP contribution in [-0.4, -0.2) is 11.0 Å². The van der Waals surface area contributed by atoms with E-state index < -0.39 is 0 Å². The molecule has 0 saturated carbocycles. The Labute approximate surface area is 98.9 Å². The topological polar surface area (TPSA) is 62.5 Å². The summed E-state index contributed by atoms with van der Waals surface area (Å²) in [7, 11) is 0. The lowest BCUT2D eigenvalue weighted by molar-refractivity contribution is 0.102. The van der Waals surface area contributed by atoms with Crippen LogP contribution in [0.25, 0.3) is 0 Å². The quantitative estimate of drug-likeness (QED) is 0.835. The van der Waals surface area contributed by atoms with Crippen molar-refractivity contribution in [1.29, 1.82) is 0 Å². The highest BCUT2D eigenvalue weighted by Crippen LogP contribution is 2.23. The van der Waals surface area contributed by atoms with Crippen LogP contribution >= 0.6 is 0 Å². The summed E-state index contributed by atoms with van der Waals surface area (Å²) < 4.78 is 5.03. The lowest BCUT2D eigenvalue weighted by Crippen LogP contribution is -2.11. The molecule has 2 rings (SSSR count). The van der Waals surface area contributed by atoms with E-state index in [0.717, 1.165) is 0 Å². The predicted octanol–water partition coefficient (Wildman–Crippen LogP) is 2.85. The number of furan rings is 1. The summed E-state index contributed by atoms with van der Waals surface area (Å²) in [6, 6.07) is 6.64. The Morgan fingerprint density at radius 1 is 1.29 bits per heavy atom. The zero-order valence-electron chi connectivity index (χ0n) is 9.65. The Kier molecular flexibility index (Phi) is 2.87. The third-order valence-corrected chi connectivity index (χ3v) is 2.51. The normalized spacial score (nSPS) is 10.2. The Balaban J connectivity index is 2.26. The summed E-state index contributed by atoms with van der Waals surface area (Å²) >= 11 is 0. The van der Waals surface area contributed by atoms with Crippen molar-refractivity contribution in [3.05, 3.63) is 47.2 Å². The third kappa shape index (κ3) is 2.30. The molecule has 88 valence electrons. The minimum absolute atomic E-state index is 0.222. The van der Waals surface area contributed by atoms with Gasteiger partial charge in [0.15, 0.2) is 5.88 Å². The van der Waals surface area contributed by atoms with Gasteiger partial charge in [0, 0.05) is 11.6 Å². The second kappa shape index (κ2) is 4.33. The molecule has 4 nitrogen and oxygen atoms in total. The van der Waals surface area contributed by atoms with Gasteiger partial charge in [0.05, 0.1) is 6.26 Å². The van der Waals surface area contributed by atoms with E-state index in [-0.39, 0.29) is 11.7 Å². The number of benzene rings is 1. The monoisotopic (exact) mass is 231 g/mol. The van der Waals surface area contributed by atoms with Gasteiger partial charge in [-0.2, -0.15) is 0 Å². The van der Waals surface area contributed by atoms with E-state index in [1.54, 1.807) is 38.1 Å². The van der Waals surface area contributed by atoms with Gasteiger partial charge in [0.25, 0.3) is 5.91 Å². The largest absolute Gasteiger partial charge is 0.507 e. The van der Waals surface area contributed by atoms with E-state index in [2.05, 4.69) is 5.32 Å². The first-order valence-electron chi connectivity index (χ1n) is 5.23. The van der Waals surface area contributed by atoms with Gasteiger partial charge in [-0.3, -0.25) is 10.1 Å². The summed E-state index contributed by atoms with van der Waals surface area (Å²) in [5.74, 6) is 0.365. The Hall–Kier alpha value is -2.23. The number of aromatic hydroxyl groups is 1. The smallest absolute Gasteiger partial charge is 0.257 e. The first kappa shape index (κ1) is 11.3. The maximum atomic E-state index is 11.9. The van der Waals surface area contributed by atoms with Crippen molar-refractivity contribution in [2.75, 3.05) is 5.32 Å². The molecule has 0 atom stereocenters. The number of anilines is 1. The first-order valence-corrected chi connectivity index (χ1v) is 5.23. The maximum Gasteiger partial charge on any atom is 0.257 e. The second-order valence-corrected chi connectivity index (χ2v) is 3.89. The molecule has 1 heterocycles. The zero-order chi connectivity index (χ0) is 12.4. The van der Waals surface area contributed by atoms with Crippen LogP contribution in [0.4, 0.5) is 5.88 Å². The van der Waals surface area contributed by atoms with Crippen molar-refractivity contribution in [3.8, 4) is 5.75 Å². The molecule has 4 heteroatoms. The Bertz CT molecular complexity index is 521. The zero-order valence-corrected chi connectivity index (χ0v) is 9.65. The molecule has 2 aromatic rings. The van der Waals surface area contributed by atoms with Crippen molar-refractivity contribution in [2.24, 2.45) is 0 Å². The van der Waals surface area contributed by atoms with Crippen LogP contribution in [0.15, 0.2) is 34.9 Å². The summed E-state index contributed by atoms with van der Waals surface area (Å²) in [5, 5.41) is 12.2. The molecule has 17 heavy (non-hydrogen) atoms. The van der Waals surface area contributed by atoms with Crippen LogP contribution in [0.1, 0.15) is 21.5 Å². The fourth-order valence-corrected chi connectivity index (χ4v) is 1.62. The van der Waals surface area contributed by atoms with E-state index in [0.29, 0.717) is 22.6 Å². The first-order chi connectivity index (χ1) is 8.08. The number of carbonyl (C=O) groups is 1. The molecule has 1 aromatic carbocycles. The molecule has 1 aromatic heterocycles. The fraction of sp³-hybridized carbons (Fsp3) is 0.154. The maximum absolute atomic E-state index is 11.9. The van der Waals surface area contributed by atoms with E-state index in [4.69, 9.17) is 4.42 Å². The van der Waals surface area contributed by atoms with Crippen LogP contribution in [0.3, 0.4) is 0 Å². The van der Waals surface area contributed by atoms with Crippen molar-refractivity contribution < 1.29 is 14.3 Å². The summed E-state index contributed by atoms with van der Waals surface area (Å²) in [4.78, 5) is 11.9. The summed E-state index contributed by atoms with van der Waals surface area (Å²) in [5.41, 5.74) is 1.85. The van der Waals surface area contributed by atoms with E-state index in [1.807, 2.05) is 0 Å². The SMILES string of the molecule is Cc1cc(C(=O)Nc2ccco2)cc(C)c1O. The molecule has 0 aliphatic rings. The minimum Gasteiger partial charge on any atom is -0.507 e. The lowest BCUT2D eigenvalue weighted by Gasteiger charge is -2.07. The van der Waals surface area contributed by atoms with Gasteiger partial charge in [-0.05, 0) is 43.2 Å². The number of nitrogens with one attached hydrogen (secondary N) is 1. The number of amides is 1. The van der Waals surface area contributed by atoms with Gasteiger partial charge in [0.1, 0.15) is 5.75 Å². The van der Waals surface area contributed by atoms with Crippen molar-refractivity contribution >= 4 is 11.8 Å². The minimum atomic E-state index is -0.258. The van der Waals surface area contributed by atoms with Gasteiger partial charge < -0.3 is 9.52 Å². The molecule has 0 saturated heterocycles. The highest BCUT2D eigenvalue weighted by Gasteiger charge is 2.11. The molecule has 2 N–H and O–H groups in total. The lowest BCUT2D eigenvalue weighted by atomic mass is 10.1. The molecule has 0 spiro atoms. The number of carbonyl (C=O) groups excluding carboxylic acids is 1. The van der Waals surface area contributed by atoms with Crippen LogP contribution in [0.2, 0.25) is 0 Å². The van der Waals surface area contributed by atoms with Crippen molar-refractivity contribution in [3.63, 3.8) is 0 Å². The molecule has 0 aliphatic heterocycles. The van der Waals surface area contributed by atoms with Crippen LogP contribution in [0.5, 0.6) is 5.75 Å². The molecule has 0 fully saturated rings. The summed E-state index contributed by atoms with van der Waals surface area (Å²) in [6.07, 6.45) is 1.49. The van der Waals surface area contributed by atoms with Crippen LogP contribution in [0, 0.1) is 13.8 Å². The van der Waals surface area contributed by atoms with E-state index in [9.17, 15) is 9.90 Å². The standard InChI is InChI=1S/C13H13NO3/c1-8-6-10(7-9(2)12(8)15)13(16)14-11-4-3-5-17-11/h3-7,15H,1-2H3,(H,14,16). The highest BCUT2D eigenvalue weighted by atomic mass is 16.3. The van der Waals surface area contributed by atoms with Crippen LogP contribution in [-0.2, 0) is 0 Å². The fourth-order valence-electron chi connectivity index (χ4n) is 1.62. The number of rotatable bonds is 2. The molecule has 0 aliphatic carbocycles. The van der Waals surface area contributed by atoms with Gasteiger partial charge in [-0.1, -0.05) is 0 Å².